The third kappa shape index (κ3) is 5.13. The summed E-state index contributed by atoms with van der Waals surface area (Å²) in [5, 5.41) is 2.88. The zero-order valence-electron chi connectivity index (χ0n) is 18.0. The largest absolute Gasteiger partial charge is 0.331 e. The Morgan fingerprint density at radius 1 is 1.03 bits per heavy atom. The first-order valence-electron chi connectivity index (χ1n) is 10.6. The predicted octanol–water partition coefficient (Wildman–Crippen LogP) is 2.44. The van der Waals surface area contributed by atoms with Crippen LogP contribution in [0.3, 0.4) is 0 Å². The maximum absolute atomic E-state index is 12.9. The quantitative estimate of drug-likeness (QED) is 0.785. The van der Waals surface area contributed by atoms with Crippen LogP contribution in [0.4, 0.5) is 10.5 Å². The van der Waals surface area contributed by atoms with Gasteiger partial charge < -0.3 is 15.1 Å². The average Bonchev–Trinajstić information content (AvgIpc) is 2.73. The fourth-order valence-corrected chi connectivity index (χ4v) is 5.68. The molecule has 9 heteroatoms. The molecule has 3 amide bonds. The van der Waals surface area contributed by atoms with Crippen molar-refractivity contribution < 1.29 is 18.0 Å². The van der Waals surface area contributed by atoms with Gasteiger partial charge >= 0.3 is 6.03 Å². The van der Waals surface area contributed by atoms with Gasteiger partial charge in [0.15, 0.2) is 0 Å². The van der Waals surface area contributed by atoms with Crippen molar-refractivity contribution in [1.29, 1.82) is 0 Å². The molecule has 1 aromatic carbocycles. The van der Waals surface area contributed by atoms with E-state index in [1.54, 1.807) is 52.5 Å². The summed E-state index contributed by atoms with van der Waals surface area (Å²) in [7, 11) is -0.0646. The Labute approximate surface area is 179 Å². The van der Waals surface area contributed by atoms with Gasteiger partial charge in [0.25, 0.3) is 0 Å². The smallest absolute Gasteiger partial charge is 0.319 e. The lowest BCUT2D eigenvalue weighted by Crippen LogP contribution is -2.45. The number of carbonyl (C=O) groups excluding carboxylic acids is 2. The summed E-state index contributed by atoms with van der Waals surface area (Å²) in [6.45, 7) is 4.29. The van der Waals surface area contributed by atoms with E-state index in [1.165, 1.54) is 0 Å². The summed E-state index contributed by atoms with van der Waals surface area (Å²) < 4.78 is 27.3. The molecule has 1 atom stereocenters. The highest BCUT2D eigenvalue weighted by atomic mass is 32.2. The highest BCUT2D eigenvalue weighted by Gasteiger charge is 2.30. The van der Waals surface area contributed by atoms with Crippen molar-refractivity contribution in [3.8, 4) is 0 Å². The van der Waals surface area contributed by atoms with E-state index in [4.69, 9.17) is 0 Å². The maximum Gasteiger partial charge on any atom is 0.319 e. The topological polar surface area (TPSA) is 90.0 Å². The van der Waals surface area contributed by atoms with Crippen LogP contribution in [0.1, 0.15) is 32.6 Å². The molecular formula is C21H32N4O4S. The first-order valence-corrected chi connectivity index (χ1v) is 12.0. The van der Waals surface area contributed by atoms with Gasteiger partial charge in [-0.3, -0.25) is 4.79 Å². The van der Waals surface area contributed by atoms with Crippen LogP contribution in [0.15, 0.2) is 29.2 Å². The highest BCUT2D eigenvalue weighted by Crippen LogP contribution is 2.25. The summed E-state index contributed by atoms with van der Waals surface area (Å²) in [5.74, 6) is 0.119. The summed E-state index contributed by atoms with van der Waals surface area (Å²) in [6.07, 6.45) is 3.17. The van der Waals surface area contributed by atoms with Gasteiger partial charge in [-0.2, -0.15) is 4.31 Å². The van der Waals surface area contributed by atoms with E-state index in [0.29, 0.717) is 50.6 Å². The second-order valence-corrected chi connectivity index (χ2v) is 10.5. The minimum atomic E-state index is -3.50. The van der Waals surface area contributed by atoms with E-state index < -0.39 is 10.0 Å². The number of anilines is 1. The number of hydrogen-bond acceptors (Lipinski definition) is 4. The normalized spacial score (nSPS) is 21.3. The number of urea groups is 1. The molecule has 166 valence electrons. The Balaban J connectivity index is 1.57. The second kappa shape index (κ2) is 9.34. The summed E-state index contributed by atoms with van der Waals surface area (Å²) >= 11 is 0. The SMILES string of the molecule is C[C@H]1CCCN(S(=O)(=O)c2ccc(NC(=O)C3CCN(C(=O)N(C)C)CC3)cc2)C1. The minimum Gasteiger partial charge on any atom is -0.331 e. The molecule has 2 aliphatic heterocycles. The van der Waals surface area contributed by atoms with Crippen molar-refractivity contribution in [2.45, 2.75) is 37.5 Å². The van der Waals surface area contributed by atoms with E-state index >= 15 is 0 Å². The number of amides is 3. The van der Waals surface area contributed by atoms with E-state index in [-0.39, 0.29) is 22.8 Å². The van der Waals surface area contributed by atoms with Gasteiger partial charge in [0.2, 0.25) is 15.9 Å². The highest BCUT2D eigenvalue weighted by molar-refractivity contribution is 7.89. The Morgan fingerprint density at radius 2 is 1.67 bits per heavy atom. The lowest BCUT2D eigenvalue weighted by molar-refractivity contribution is -0.121. The van der Waals surface area contributed by atoms with Crippen LogP contribution in [-0.4, -0.2) is 74.7 Å². The molecule has 2 saturated heterocycles. The Bertz CT molecular complexity index is 861. The molecule has 8 nitrogen and oxygen atoms in total. The van der Waals surface area contributed by atoms with E-state index in [2.05, 4.69) is 12.2 Å². The standard InChI is InChI=1S/C21H32N4O4S/c1-16-5-4-12-25(15-16)30(28,29)19-8-6-18(7-9-19)22-20(26)17-10-13-24(14-11-17)21(27)23(2)3/h6-9,16-17H,4-5,10-15H2,1-3H3,(H,22,26)/t16-/m0/s1. The van der Waals surface area contributed by atoms with Crippen LogP contribution < -0.4 is 5.32 Å². The summed E-state index contributed by atoms with van der Waals surface area (Å²) in [4.78, 5) is 28.2. The first-order chi connectivity index (χ1) is 14.2. The van der Waals surface area contributed by atoms with E-state index in [1.807, 2.05) is 0 Å². The predicted molar refractivity (Wildman–Crippen MR) is 116 cm³/mol. The van der Waals surface area contributed by atoms with E-state index in [9.17, 15) is 18.0 Å². The van der Waals surface area contributed by atoms with E-state index in [0.717, 1.165) is 12.8 Å². The monoisotopic (exact) mass is 436 g/mol. The lowest BCUT2D eigenvalue weighted by atomic mass is 9.96. The number of nitrogens with zero attached hydrogens (tertiary/aromatic N) is 3. The third-order valence-electron chi connectivity index (χ3n) is 5.90. The van der Waals surface area contributed by atoms with Crippen molar-refractivity contribution in [2.24, 2.45) is 11.8 Å². The maximum atomic E-state index is 12.9. The number of likely N-dealkylation sites (tertiary alicyclic amines) is 1. The number of piperidine rings is 2. The molecule has 2 heterocycles. The number of benzene rings is 1. The van der Waals surface area contributed by atoms with Crippen molar-refractivity contribution in [1.82, 2.24) is 14.1 Å². The fourth-order valence-electron chi connectivity index (χ4n) is 4.08. The van der Waals surface area contributed by atoms with Crippen LogP contribution in [0, 0.1) is 11.8 Å². The molecule has 3 rings (SSSR count). The summed E-state index contributed by atoms with van der Waals surface area (Å²) in [5.41, 5.74) is 0.581. The van der Waals surface area contributed by atoms with Gasteiger partial charge in [0, 0.05) is 51.9 Å². The number of rotatable bonds is 4. The number of nitrogens with one attached hydrogen (secondary N) is 1. The first kappa shape index (κ1) is 22.6. The van der Waals surface area contributed by atoms with Gasteiger partial charge in [-0.25, -0.2) is 13.2 Å². The van der Waals surface area contributed by atoms with Gasteiger partial charge in [-0.05, 0) is 55.9 Å². The molecule has 0 bridgehead atoms. The molecular weight excluding hydrogens is 404 g/mol. The zero-order valence-corrected chi connectivity index (χ0v) is 18.8. The van der Waals surface area contributed by atoms with Crippen LogP contribution in [0.5, 0.6) is 0 Å². The molecule has 1 N–H and O–H groups in total. The van der Waals surface area contributed by atoms with Crippen molar-refractivity contribution >= 4 is 27.6 Å². The Morgan fingerprint density at radius 3 is 2.23 bits per heavy atom. The molecule has 0 radical (unpaired) electrons. The number of sulfonamides is 1. The van der Waals surface area contributed by atoms with Crippen molar-refractivity contribution in [3.63, 3.8) is 0 Å². The van der Waals surface area contributed by atoms with Crippen molar-refractivity contribution in [2.75, 3.05) is 45.6 Å². The molecule has 2 aliphatic rings. The Kier molecular flexibility index (Phi) is 7.02. The van der Waals surface area contributed by atoms with Crippen LogP contribution in [-0.2, 0) is 14.8 Å². The second-order valence-electron chi connectivity index (χ2n) is 8.56. The van der Waals surface area contributed by atoms with Gasteiger partial charge in [-0.1, -0.05) is 6.92 Å². The zero-order chi connectivity index (χ0) is 21.9. The third-order valence-corrected chi connectivity index (χ3v) is 7.78. The van der Waals surface area contributed by atoms with Gasteiger partial charge in [-0.15, -0.1) is 0 Å². The molecule has 0 saturated carbocycles. The van der Waals surface area contributed by atoms with Crippen LogP contribution in [0.2, 0.25) is 0 Å². The number of hydrogen-bond donors (Lipinski definition) is 1. The van der Waals surface area contributed by atoms with Crippen molar-refractivity contribution in [3.05, 3.63) is 24.3 Å². The van der Waals surface area contributed by atoms with Gasteiger partial charge in [0.1, 0.15) is 0 Å². The average molecular weight is 437 g/mol. The molecule has 0 unspecified atom stereocenters. The molecule has 1 aromatic rings. The van der Waals surface area contributed by atoms with Crippen LogP contribution in [0.25, 0.3) is 0 Å². The molecule has 0 aliphatic carbocycles. The number of carbonyl (C=O) groups is 2. The Hall–Kier alpha value is -2.13. The minimum absolute atomic E-state index is 0.0336. The molecule has 0 aromatic heterocycles. The fraction of sp³-hybridized carbons (Fsp3) is 0.619. The summed E-state index contributed by atoms with van der Waals surface area (Å²) in [6, 6.07) is 6.37. The molecule has 2 fully saturated rings. The van der Waals surface area contributed by atoms with Gasteiger partial charge in [0.05, 0.1) is 4.90 Å². The molecule has 30 heavy (non-hydrogen) atoms. The lowest BCUT2D eigenvalue weighted by Gasteiger charge is -2.33. The molecule has 0 spiro atoms. The van der Waals surface area contributed by atoms with Crippen LogP contribution >= 0.6 is 0 Å².